The van der Waals surface area contributed by atoms with E-state index in [2.05, 4.69) is 24.5 Å². The van der Waals surface area contributed by atoms with Crippen molar-refractivity contribution in [3.8, 4) is 6.07 Å². The van der Waals surface area contributed by atoms with Gasteiger partial charge in [-0.3, -0.25) is 14.4 Å². The van der Waals surface area contributed by atoms with Gasteiger partial charge in [-0.05, 0) is 29.1 Å². The van der Waals surface area contributed by atoms with E-state index in [9.17, 15) is 28.1 Å². The van der Waals surface area contributed by atoms with Gasteiger partial charge in [-0.2, -0.15) is 5.26 Å². The van der Waals surface area contributed by atoms with E-state index in [4.69, 9.17) is 0 Å². The minimum absolute atomic E-state index is 0.0278. The Morgan fingerprint density at radius 2 is 1.81 bits per heavy atom. The number of piperidine rings is 1. The number of sulfone groups is 1. The van der Waals surface area contributed by atoms with Crippen molar-refractivity contribution in [1.82, 2.24) is 15.5 Å². The van der Waals surface area contributed by atoms with Crippen LogP contribution in [0.3, 0.4) is 0 Å². The molecule has 1 aliphatic heterocycles. The first-order valence-corrected chi connectivity index (χ1v) is 12.6. The number of nitrogens with zero attached hydrogens (tertiary/aromatic N) is 2. The smallest absolute Gasteiger partial charge is 0.246 e. The molecule has 1 heterocycles. The van der Waals surface area contributed by atoms with E-state index in [-0.39, 0.29) is 23.2 Å². The monoisotopic (exact) mass is 454 g/mol. The van der Waals surface area contributed by atoms with Crippen molar-refractivity contribution in [2.24, 2.45) is 22.7 Å². The molecule has 5 atom stereocenters. The minimum atomic E-state index is -3.55. The number of carbonyl (C=O) groups excluding carboxylic acids is 3. The number of amides is 3. The fourth-order valence-electron chi connectivity index (χ4n) is 4.55. The quantitative estimate of drug-likeness (QED) is 0.574. The second kappa shape index (κ2) is 8.41. The average molecular weight is 455 g/mol. The van der Waals surface area contributed by atoms with Crippen LogP contribution in [0.25, 0.3) is 0 Å². The number of nitrogens with one attached hydrogen (secondary N) is 2. The lowest BCUT2D eigenvalue weighted by atomic mass is 9.85. The van der Waals surface area contributed by atoms with Crippen LogP contribution >= 0.6 is 0 Å². The van der Waals surface area contributed by atoms with Crippen LogP contribution in [0, 0.1) is 34.0 Å². The molecule has 2 aliphatic rings. The van der Waals surface area contributed by atoms with Crippen LogP contribution in [-0.4, -0.2) is 67.7 Å². The number of carbonyl (C=O) groups is 3. The van der Waals surface area contributed by atoms with Crippen LogP contribution in [0.1, 0.15) is 48.0 Å². The summed E-state index contributed by atoms with van der Waals surface area (Å²) in [5.74, 6) is -2.12. The van der Waals surface area contributed by atoms with E-state index in [0.717, 1.165) is 6.26 Å². The molecule has 0 aromatic carbocycles. The van der Waals surface area contributed by atoms with E-state index >= 15 is 0 Å². The maximum Gasteiger partial charge on any atom is 0.246 e. The van der Waals surface area contributed by atoms with Gasteiger partial charge in [0.2, 0.25) is 17.7 Å². The summed E-state index contributed by atoms with van der Waals surface area (Å²) in [4.78, 5) is 40.4. The molecule has 174 valence electrons. The molecule has 0 unspecified atom stereocenters. The normalized spacial score (nSPS) is 26.3. The molecule has 0 spiro atoms. The van der Waals surface area contributed by atoms with E-state index in [1.807, 2.05) is 6.07 Å². The van der Waals surface area contributed by atoms with Gasteiger partial charge < -0.3 is 15.5 Å². The van der Waals surface area contributed by atoms with Crippen molar-refractivity contribution < 1.29 is 22.8 Å². The van der Waals surface area contributed by atoms with Crippen molar-refractivity contribution in [3.05, 3.63) is 0 Å². The summed E-state index contributed by atoms with van der Waals surface area (Å²) in [7, 11) is -3.55. The summed E-state index contributed by atoms with van der Waals surface area (Å²) in [6.45, 7) is 11.6. The third-order valence-corrected chi connectivity index (χ3v) is 7.24. The third kappa shape index (κ3) is 5.37. The number of hydrogen-bond donors (Lipinski definition) is 2. The van der Waals surface area contributed by atoms with Gasteiger partial charge in [-0.1, -0.05) is 41.5 Å². The predicted molar refractivity (Wildman–Crippen MR) is 115 cm³/mol. The number of likely N-dealkylation sites (tertiary alicyclic amines) is 1. The summed E-state index contributed by atoms with van der Waals surface area (Å²) in [5.41, 5.74) is -0.796. The molecule has 0 bridgehead atoms. The van der Waals surface area contributed by atoms with Gasteiger partial charge in [0.1, 0.15) is 23.9 Å². The number of rotatable bonds is 7. The molecule has 0 aromatic heterocycles. The molecule has 1 aliphatic carbocycles. The Bertz CT molecular complexity index is 900. The van der Waals surface area contributed by atoms with Crippen molar-refractivity contribution in [1.29, 1.82) is 5.26 Å². The maximum atomic E-state index is 13.5. The van der Waals surface area contributed by atoms with Crippen LogP contribution in [0.4, 0.5) is 0 Å². The molecule has 2 N–H and O–H groups in total. The maximum absolute atomic E-state index is 13.5. The number of nitriles is 1. The fraction of sp³-hybridized carbons (Fsp3) is 0.810. The molecule has 2 fully saturated rings. The van der Waals surface area contributed by atoms with Crippen LogP contribution in [0.5, 0.6) is 0 Å². The van der Waals surface area contributed by atoms with Crippen LogP contribution < -0.4 is 10.6 Å². The summed E-state index contributed by atoms with van der Waals surface area (Å²) in [6, 6.07) is -0.316. The molecule has 3 amide bonds. The van der Waals surface area contributed by atoms with E-state index in [1.54, 1.807) is 27.7 Å². The Morgan fingerprint density at radius 1 is 1.23 bits per heavy atom. The SMILES string of the molecule is CC[C@@H](C#N)NC(=O)[C@@H]1[C@@H]2[C@H](CN1C(=O)[C@@H](NC(=O)CS(C)(=O)=O)C(C)(C)C)C2(C)C. The van der Waals surface area contributed by atoms with Crippen LogP contribution in [0.2, 0.25) is 0 Å². The summed E-state index contributed by atoms with van der Waals surface area (Å²) in [5, 5.41) is 14.5. The molecule has 0 radical (unpaired) electrons. The number of fused-ring (bicyclic) bond motifs is 1. The first kappa shape index (κ1) is 25.1. The molecule has 1 saturated heterocycles. The summed E-state index contributed by atoms with van der Waals surface area (Å²) in [6.07, 6.45) is 1.41. The highest BCUT2D eigenvalue weighted by atomic mass is 32.2. The Morgan fingerprint density at radius 3 is 2.26 bits per heavy atom. The van der Waals surface area contributed by atoms with E-state index in [0.29, 0.717) is 13.0 Å². The van der Waals surface area contributed by atoms with E-state index < -0.39 is 50.9 Å². The number of hydrogen-bond acceptors (Lipinski definition) is 6. The fourth-order valence-corrected chi connectivity index (χ4v) is 5.11. The molecule has 1 saturated carbocycles. The largest absolute Gasteiger partial charge is 0.343 e. The zero-order valence-electron chi connectivity index (χ0n) is 19.4. The average Bonchev–Trinajstić information content (AvgIpc) is 2.97. The summed E-state index contributed by atoms with van der Waals surface area (Å²) < 4.78 is 23.0. The molecule has 0 aromatic rings. The lowest BCUT2D eigenvalue weighted by Gasteiger charge is -2.37. The summed E-state index contributed by atoms with van der Waals surface area (Å²) >= 11 is 0. The van der Waals surface area contributed by atoms with Gasteiger partial charge >= 0.3 is 0 Å². The first-order valence-electron chi connectivity index (χ1n) is 10.5. The highest BCUT2D eigenvalue weighted by molar-refractivity contribution is 7.91. The van der Waals surface area contributed by atoms with Crippen molar-refractivity contribution in [3.63, 3.8) is 0 Å². The lowest BCUT2D eigenvalue weighted by Crippen LogP contribution is -2.60. The standard InChI is InChI=1S/C21H34N4O5S/c1-8-12(9-22)23-18(27)16-15-13(21(15,5)6)10-25(16)19(28)17(20(2,3)4)24-14(26)11-31(7,29)30/h12-13,15-17H,8,10-11H2,1-7H3,(H,23,27)(H,24,26)/t12-,13-,15-,16-,17+/m0/s1. The Labute approximate surface area is 184 Å². The Kier molecular flexibility index (Phi) is 6.82. The minimum Gasteiger partial charge on any atom is -0.343 e. The second-order valence-corrected chi connectivity index (χ2v) is 12.6. The van der Waals surface area contributed by atoms with Gasteiger partial charge in [0.15, 0.2) is 9.84 Å². The molecule has 9 nitrogen and oxygen atoms in total. The van der Waals surface area contributed by atoms with Crippen molar-refractivity contribution >= 4 is 27.6 Å². The first-order chi connectivity index (χ1) is 14.0. The van der Waals surface area contributed by atoms with Gasteiger partial charge in [-0.15, -0.1) is 0 Å². The van der Waals surface area contributed by atoms with Crippen molar-refractivity contribution in [2.75, 3.05) is 18.6 Å². The Balaban J connectivity index is 2.29. The van der Waals surface area contributed by atoms with Gasteiger partial charge in [0.05, 0.1) is 6.07 Å². The van der Waals surface area contributed by atoms with Crippen LogP contribution in [0.15, 0.2) is 0 Å². The topological polar surface area (TPSA) is 136 Å². The Hall–Kier alpha value is -2.15. The molecular weight excluding hydrogens is 420 g/mol. The van der Waals surface area contributed by atoms with Crippen LogP contribution in [-0.2, 0) is 24.2 Å². The molecule has 31 heavy (non-hydrogen) atoms. The third-order valence-electron chi connectivity index (χ3n) is 6.45. The second-order valence-electron chi connectivity index (χ2n) is 10.4. The highest BCUT2D eigenvalue weighted by Gasteiger charge is 2.69. The molecule has 2 rings (SSSR count). The zero-order chi connectivity index (χ0) is 23.9. The van der Waals surface area contributed by atoms with Gasteiger partial charge in [0, 0.05) is 12.8 Å². The van der Waals surface area contributed by atoms with Gasteiger partial charge in [-0.25, -0.2) is 8.42 Å². The molecular formula is C21H34N4O5S. The highest BCUT2D eigenvalue weighted by Crippen LogP contribution is 2.65. The molecule has 10 heteroatoms. The predicted octanol–water partition coefficient (Wildman–Crippen LogP) is 0.463. The van der Waals surface area contributed by atoms with Gasteiger partial charge in [0.25, 0.3) is 0 Å². The zero-order valence-corrected chi connectivity index (χ0v) is 20.2. The van der Waals surface area contributed by atoms with E-state index in [1.165, 1.54) is 4.90 Å². The lowest BCUT2D eigenvalue weighted by molar-refractivity contribution is -0.145. The van der Waals surface area contributed by atoms with Crippen molar-refractivity contribution in [2.45, 2.75) is 66.1 Å².